The Hall–Kier alpha value is -1.34. The van der Waals surface area contributed by atoms with E-state index in [1.807, 2.05) is 0 Å². The number of rotatable bonds is 5. The van der Waals surface area contributed by atoms with Crippen molar-refractivity contribution in [2.75, 3.05) is 0 Å². The Morgan fingerprint density at radius 2 is 1.50 bits per heavy atom. The number of carboxylic acid groups (broad SMARTS) is 3. The monoisotopic (exact) mass is 227 g/mol. The van der Waals surface area contributed by atoms with Gasteiger partial charge in [0.25, 0.3) is 0 Å². The Morgan fingerprint density at radius 3 is 1.71 bits per heavy atom. The third kappa shape index (κ3) is 4.63. The smallest absolute Gasteiger partial charge is 0.321 e. The van der Waals surface area contributed by atoms with Crippen LogP contribution in [0.1, 0.15) is 6.42 Å². The predicted molar refractivity (Wildman–Crippen MR) is 46.2 cm³/mol. The maximum Gasteiger partial charge on any atom is 0.321 e. The van der Waals surface area contributed by atoms with Crippen LogP contribution < -0.4 is 5.73 Å². The molecule has 0 aliphatic carbocycles. The zero-order valence-electron chi connectivity index (χ0n) is 6.91. The standard InChI is InChI=1S/C6H9NO6.ClH/c7-4(6(12)13)2(5(10)11)1-3(8)9;/h2,4H,1,7H2,(H,8,9)(H,10,11)(H,12,13);1H. The van der Waals surface area contributed by atoms with Gasteiger partial charge in [0.05, 0.1) is 12.3 Å². The van der Waals surface area contributed by atoms with E-state index in [0.29, 0.717) is 0 Å². The van der Waals surface area contributed by atoms with Crippen molar-refractivity contribution >= 4 is 30.3 Å². The molecule has 0 radical (unpaired) electrons. The minimum Gasteiger partial charge on any atom is -0.481 e. The fourth-order valence-corrected chi connectivity index (χ4v) is 0.728. The molecule has 0 aromatic carbocycles. The summed E-state index contributed by atoms with van der Waals surface area (Å²) in [6.07, 6.45) is -0.803. The van der Waals surface area contributed by atoms with Gasteiger partial charge in [0.15, 0.2) is 0 Å². The predicted octanol–water partition coefficient (Wildman–Crippen LogP) is -1.00. The van der Waals surface area contributed by atoms with Crippen LogP contribution in [0.3, 0.4) is 0 Å². The van der Waals surface area contributed by atoms with Crippen molar-refractivity contribution in [1.29, 1.82) is 0 Å². The normalized spacial score (nSPS) is 13.5. The summed E-state index contributed by atoms with van der Waals surface area (Å²) >= 11 is 0. The van der Waals surface area contributed by atoms with E-state index in [1.165, 1.54) is 0 Å². The molecule has 0 aliphatic rings. The van der Waals surface area contributed by atoms with E-state index in [4.69, 9.17) is 21.1 Å². The first-order valence-corrected chi connectivity index (χ1v) is 3.29. The number of carbonyl (C=O) groups is 3. The van der Waals surface area contributed by atoms with Crippen molar-refractivity contribution in [1.82, 2.24) is 0 Å². The number of hydrogen-bond acceptors (Lipinski definition) is 4. The lowest BCUT2D eigenvalue weighted by Gasteiger charge is -2.13. The van der Waals surface area contributed by atoms with Crippen LogP contribution in [0.15, 0.2) is 0 Å². The highest BCUT2D eigenvalue weighted by Gasteiger charge is 2.32. The van der Waals surface area contributed by atoms with Crippen molar-refractivity contribution in [2.24, 2.45) is 11.7 Å². The van der Waals surface area contributed by atoms with Gasteiger partial charge < -0.3 is 21.1 Å². The second-order valence-corrected chi connectivity index (χ2v) is 2.41. The number of aliphatic carboxylic acids is 3. The third-order valence-electron chi connectivity index (χ3n) is 1.43. The van der Waals surface area contributed by atoms with Gasteiger partial charge in [0, 0.05) is 0 Å². The molecule has 14 heavy (non-hydrogen) atoms. The van der Waals surface area contributed by atoms with Crippen LogP contribution >= 0.6 is 12.4 Å². The van der Waals surface area contributed by atoms with Crippen molar-refractivity contribution < 1.29 is 29.7 Å². The molecule has 0 bridgehead atoms. The molecule has 7 nitrogen and oxygen atoms in total. The second-order valence-electron chi connectivity index (χ2n) is 2.41. The minimum atomic E-state index is -1.70. The van der Waals surface area contributed by atoms with Crippen molar-refractivity contribution in [3.05, 3.63) is 0 Å². The minimum absolute atomic E-state index is 0. The molecule has 2 unspecified atom stereocenters. The van der Waals surface area contributed by atoms with Gasteiger partial charge in [-0.1, -0.05) is 0 Å². The molecular formula is C6H10ClNO6. The van der Waals surface area contributed by atoms with Crippen LogP contribution in [-0.4, -0.2) is 39.3 Å². The van der Waals surface area contributed by atoms with Crippen LogP contribution in [-0.2, 0) is 14.4 Å². The molecule has 8 heteroatoms. The molecule has 82 valence electrons. The topological polar surface area (TPSA) is 138 Å². The van der Waals surface area contributed by atoms with Gasteiger partial charge in [-0.15, -0.1) is 12.4 Å². The summed E-state index contributed by atoms with van der Waals surface area (Å²) in [5.74, 6) is -6.06. The largest absolute Gasteiger partial charge is 0.481 e. The Balaban J connectivity index is 0. The lowest BCUT2D eigenvalue weighted by atomic mass is 9.97. The summed E-state index contributed by atoms with van der Waals surface area (Å²) in [4.78, 5) is 30.7. The van der Waals surface area contributed by atoms with E-state index in [2.05, 4.69) is 0 Å². The molecule has 0 aromatic heterocycles. The highest BCUT2D eigenvalue weighted by Crippen LogP contribution is 2.08. The second kappa shape index (κ2) is 6.17. The van der Waals surface area contributed by atoms with E-state index in [1.54, 1.807) is 0 Å². The number of hydrogen-bond donors (Lipinski definition) is 4. The molecule has 0 aromatic rings. The summed E-state index contributed by atoms with van der Waals surface area (Å²) in [6.45, 7) is 0. The van der Waals surface area contributed by atoms with Gasteiger partial charge in [0.2, 0.25) is 0 Å². The van der Waals surface area contributed by atoms with Gasteiger partial charge in [0.1, 0.15) is 6.04 Å². The first kappa shape index (κ1) is 15.1. The Bertz CT molecular complexity index is 242. The summed E-state index contributed by atoms with van der Waals surface area (Å²) < 4.78 is 0. The number of nitrogens with two attached hydrogens (primary N) is 1. The number of carboxylic acids is 3. The molecule has 0 saturated heterocycles. The maximum atomic E-state index is 10.4. The average Bonchev–Trinajstić information content (AvgIpc) is 1.97. The van der Waals surface area contributed by atoms with Crippen molar-refractivity contribution in [3.63, 3.8) is 0 Å². The molecule has 0 saturated carbocycles. The Labute approximate surface area is 84.9 Å². The van der Waals surface area contributed by atoms with Crippen LogP contribution in [0.2, 0.25) is 0 Å². The summed E-state index contributed by atoms with van der Waals surface area (Å²) in [5.41, 5.74) is 4.97. The van der Waals surface area contributed by atoms with Crippen molar-refractivity contribution in [2.45, 2.75) is 12.5 Å². The lowest BCUT2D eigenvalue weighted by molar-refractivity contribution is -0.153. The van der Waals surface area contributed by atoms with Crippen LogP contribution in [0, 0.1) is 5.92 Å². The molecular weight excluding hydrogens is 218 g/mol. The fraction of sp³-hybridized carbons (Fsp3) is 0.500. The van der Waals surface area contributed by atoms with Crippen molar-refractivity contribution in [3.8, 4) is 0 Å². The lowest BCUT2D eigenvalue weighted by Crippen LogP contribution is -2.43. The van der Waals surface area contributed by atoms with Gasteiger partial charge >= 0.3 is 17.9 Å². The van der Waals surface area contributed by atoms with E-state index in [0.717, 1.165) is 0 Å². The molecule has 2 atom stereocenters. The average molecular weight is 228 g/mol. The van der Waals surface area contributed by atoms with Gasteiger partial charge in [-0.3, -0.25) is 14.4 Å². The van der Waals surface area contributed by atoms with E-state index in [-0.39, 0.29) is 12.4 Å². The van der Waals surface area contributed by atoms with E-state index in [9.17, 15) is 14.4 Å². The summed E-state index contributed by atoms with van der Waals surface area (Å²) in [5, 5.41) is 25.0. The highest BCUT2D eigenvalue weighted by atomic mass is 35.5. The SMILES string of the molecule is Cl.NC(C(=O)O)C(CC(=O)O)C(=O)O. The molecule has 5 N–H and O–H groups in total. The molecule has 0 heterocycles. The van der Waals surface area contributed by atoms with Gasteiger partial charge in [-0.05, 0) is 0 Å². The van der Waals surface area contributed by atoms with Crippen LogP contribution in [0.25, 0.3) is 0 Å². The summed E-state index contributed by atoms with van der Waals surface area (Å²) in [6, 6.07) is -1.70. The van der Waals surface area contributed by atoms with Crippen LogP contribution in [0.5, 0.6) is 0 Å². The molecule has 0 spiro atoms. The van der Waals surface area contributed by atoms with Crippen LogP contribution in [0.4, 0.5) is 0 Å². The fourth-order valence-electron chi connectivity index (χ4n) is 0.728. The third-order valence-corrected chi connectivity index (χ3v) is 1.43. The molecule has 0 fully saturated rings. The van der Waals surface area contributed by atoms with Gasteiger partial charge in [-0.25, -0.2) is 0 Å². The molecule has 0 aliphatic heterocycles. The molecule has 0 amide bonds. The van der Waals surface area contributed by atoms with E-state index >= 15 is 0 Å². The highest BCUT2D eigenvalue weighted by molar-refractivity contribution is 5.86. The van der Waals surface area contributed by atoms with Gasteiger partial charge in [-0.2, -0.15) is 0 Å². The molecule has 0 rings (SSSR count). The summed E-state index contributed by atoms with van der Waals surface area (Å²) in [7, 11) is 0. The zero-order chi connectivity index (χ0) is 10.6. The zero-order valence-corrected chi connectivity index (χ0v) is 7.73. The first-order chi connectivity index (χ1) is 5.86. The Kier molecular flexibility index (Phi) is 6.67. The quantitative estimate of drug-likeness (QED) is 0.472. The first-order valence-electron chi connectivity index (χ1n) is 3.29. The van der Waals surface area contributed by atoms with E-state index < -0.39 is 36.3 Å². The number of halogens is 1. The maximum absolute atomic E-state index is 10.4. The Morgan fingerprint density at radius 1 is 1.07 bits per heavy atom.